The molecule has 2 rings (SSSR count). The molecular formula is C17H23N3O. The fourth-order valence-electron chi connectivity index (χ4n) is 2.65. The van der Waals surface area contributed by atoms with Gasteiger partial charge in [0.1, 0.15) is 0 Å². The Kier molecular flexibility index (Phi) is 4.68. The first-order valence-electron chi connectivity index (χ1n) is 7.28. The van der Waals surface area contributed by atoms with E-state index >= 15 is 0 Å². The van der Waals surface area contributed by atoms with Gasteiger partial charge >= 0.3 is 0 Å². The second kappa shape index (κ2) is 6.48. The van der Waals surface area contributed by atoms with Gasteiger partial charge in [-0.1, -0.05) is 6.07 Å². The van der Waals surface area contributed by atoms with E-state index in [0.717, 1.165) is 18.8 Å². The molecule has 0 aliphatic carbocycles. The molecule has 0 atom stereocenters. The van der Waals surface area contributed by atoms with Crippen LogP contribution in [0.2, 0.25) is 0 Å². The molecule has 1 aromatic carbocycles. The molecule has 0 unspecified atom stereocenters. The van der Waals surface area contributed by atoms with Crippen LogP contribution in [0.5, 0.6) is 0 Å². The Morgan fingerprint density at radius 2 is 2.00 bits per heavy atom. The van der Waals surface area contributed by atoms with E-state index in [9.17, 15) is 4.79 Å². The largest absolute Gasteiger partial charge is 0.381 e. The summed E-state index contributed by atoms with van der Waals surface area (Å²) in [6, 6.07) is 9.77. The van der Waals surface area contributed by atoms with Crippen LogP contribution < -0.4 is 10.6 Å². The third-order valence-corrected chi connectivity index (χ3v) is 3.83. The molecule has 0 saturated heterocycles. The Hall–Kier alpha value is -2.23. The summed E-state index contributed by atoms with van der Waals surface area (Å²) in [7, 11) is 1.64. The molecule has 4 heteroatoms. The highest BCUT2D eigenvalue weighted by molar-refractivity contribution is 5.94. The Balaban J connectivity index is 2.12. The van der Waals surface area contributed by atoms with Crippen molar-refractivity contribution in [1.82, 2.24) is 9.88 Å². The monoisotopic (exact) mass is 285 g/mol. The number of rotatable bonds is 5. The number of carbonyl (C=O) groups excluding carboxylic acids is 1. The molecule has 1 heterocycles. The minimum absolute atomic E-state index is 0.0668. The van der Waals surface area contributed by atoms with E-state index in [4.69, 9.17) is 0 Å². The lowest BCUT2D eigenvalue weighted by molar-refractivity contribution is 0.0963. The van der Waals surface area contributed by atoms with Crippen molar-refractivity contribution >= 4 is 11.6 Å². The van der Waals surface area contributed by atoms with Crippen LogP contribution in [0, 0.1) is 13.8 Å². The number of amides is 1. The summed E-state index contributed by atoms with van der Waals surface area (Å²) in [6.07, 6.45) is 0. The average molecular weight is 285 g/mol. The third-order valence-electron chi connectivity index (χ3n) is 3.83. The van der Waals surface area contributed by atoms with Crippen molar-refractivity contribution in [2.45, 2.75) is 33.9 Å². The van der Waals surface area contributed by atoms with E-state index in [0.29, 0.717) is 5.56 Å². The van der Waals surface area contributed by atoms with Crippen molar-refractivity contribution in [2.75, 3.05) is 12.4 Å². The van der Waals surface area contributed by atoms with Crippen molar-refractivity contribution in [3.63, 3.8) is 0 Å². The SMILES string of the molecule is CCn1c(C)cc(CNc2cccc(C(=O)NC)c2)c1C. The highest BCUT2D eigenvalue weighted by atomic mass is 16.1. The smallest absolute Gasteiger partial charge is 0.251 e. The van der Waals surface area contributed by atoms with Gasteiger partial charge in [0.25, 0.3) is 5.91 Å². The second-order valence-electron chi connectivity index (χ2n) is 5.15. The predicted molar refractivity (Wildman–Crippen MR) is 86.7 cm³/mol. The van der Waals surface area contributed by atoms with Crippen molar-refractivity contribution in [1.29, 1.82) is 0 Å². The van der Waals surface area contributed by atoms with Gasteiger partial charge in [-0.15, -0.1) is 0 Å². The third kappa shape index (κ3) is 3.27. The maximum atomic E-state index is 11.6. The molecular weight excluding hydrogens is 262 g/mol. The molecule has 2 aromatic rings. The second-order valence-corrected chi connectivity index (χ2v) is 5.15. The fourth-order valence-corrected chi connectivity index (χ4v) is 2.65. The number of anilines is 1. The molecule has 4 nitrogen and oxygen atoms in total. The first-order valence-corrected chi connectivity index (χ1v) is 7.28. The number of hydrogen-bond donors (Lipinski definition) is 2. The van der Waals surface area contributed by atoms with Gasteiger partial charge in [0, 0.05) is 42.8 Å². The highest BCUT2D eigenvalue weighted by Gasteiger charge is 2.08. The lowest BCUT2D eigenvalue weighted by Gasteiger charge is -2.09. The lowest BCUT2D eigenvalue weighted by Crippen LogP contribution is -2.17. The van der Waals surface area contributed by atoms with Crippen LogP contribution >= 0.6 is 0 Å². The van der Waals surface area contributed by atoms with Crippen LogP contribution in [-0.2, 0) is 13.1 Å². The maximum absolute atomic E-state index is 11.6. The molecule has 1 amide bonds. The van der Waals surface area contributed by atoms with Gasteiger partial charge < -0.3 is 15.2 Å². The first-order chi connectivity index (χ1) is 10.1. The number of nitrogens with zero attached hydrogens (tertiary/aromatic N) is 1. The van der Waals surface area contributed by atoms with Crippen LogP contribution in [0.3, 0.4) is 0 Å². The fraction of sp³-hybridized carbons (Fsp3) is 0.353. The van der Waals surface area contributed by atoms with Crippen LogP contribution in [0.25, 0.3) is 0 Å². The quantitative estimate of drug-likeness (QED) is 0.886. The Bertz CT molecular complexity index is 643. The van der Waals surface area contributed by atoms with Gasteiger partial charge in [0.2, 0.25) is 0 Å². The van der Waals surface area contributed by atoms with Crippen molar-refractivity contribution in [2.24, 2.45) is 0 Å². The average Bonchev–Trinajstić information content (AvgIpc) is 2.78. The summed E-state index contributed by atoms with van der Waals surface area (Å²) in [5.41, 5.74) is 5.49. The van der Waals surface area contributed by atoms with Gasteiger partial charge in [0.05, 0.1) is 0 Å². The summed E-state index contributed by atoms with van der Waals surface area (Å²) in [6.45, 7) is 8.19. The van der Waals surface area contributed by atoms with E-state index in [-0.39, 0.29) is 5.91 Å². The Morgan fingerprint density at radius 3 is 2.62 bits per heavy atom. The van der Waals surface area contributed by atoms with Gasteiger partial charge in [0.15, 0.2) is 0 Å². The van der Waals surface area contributed by atoms with E-state index in [2.05, 4.69) is 42.0 Å². The molecule has 2 N–H and O–H groups in total. The first kappa shape index (κ1) is 15.2. The van der Waals surface area contributed by atoms with Gasteiger partial charge in [-0.05, 0) is 50.6 Å². The van der Waals surface area contributed by atoms with E-state index < -0.39 is 0 Å². The van der Waals surface area contributed by atoms with Crippen LogP contribution in [0.4, 0.5) is 5.69 Å². The maximum Gasteiger partial charge on any atom is 0.251 e. The number of benzene rings is 1. The molecule has 0 saturated carbocycles. The number of nitrogens with one attached hydrogen (secondary N) is 2. The van der Waals surface area contributed by atoms with E-state index in [1.54, 1.807) is 7.05 Å². The van der Waals surface area contributed by atoms with Crippen LogP contribution in [0.15, 0.2) is 30.3 Å². The molecule has 112 valence electrons. The summed E-state index contributed by atoms with van der Waals surface area (Å²) in [4.78, 5) is 11.6. The minimum atomic E-state index is -0.0668. The molecule has 1 aromatic heterocycles. The van der Waals surface area contributed by atoms with Crippen molar-refractivity contribution in [3.8, 4) is 0 Å². The topological polar surface area (TPSA) is 46.1 Å². The standard InChI is InChI=1S/C17H23N3O/c1-5-20-12(2)9-15(13(20)3)11-19-16-8-6-7-14(10-16)17(21)18-4/h6-10,19H,5,11H2,1-4H3,(H,18,21). The van der Waals surface area contributed by atoms with Gasteiger partial charge in [-0.25, -0.2) is 0 Å². The molecule has 0 aliphatic heterocycles. The van der Waals surface area contributed by atoms with E-state index in [1.165, 1.54) is 17.0 Å². The number of aryl methyl sites for hydroxylation is 1. The highest BCUT2D eigenvalue weighted by Crippen LogP contribution is 2.17. The van der Waals surface area contributed by atoms with Gasteiger partial charge in [-0.2, -0.15) is 0 Å². The Labute approximate surface area is 126 Å². The lowest BCUT2D eigenvalue weighted by atomic mass is 10.1. The van der Waals surface area contributed by atoms with Crippen molar-refractivity contribution in [3.05, 3.63) is 52.8 Å². The summed E-state index contributed by atoms with van der Waals surface area (Å²) in [5.74, 6) is -0.0668. The van der Waals surface area contributed by atoms with Gasteiger partial charge in [-0.3, -0.25) is 4.79 Å². The molecule has 0 fully saturated rings. The summed E-state index contributed by atoms with van der Waals surface area (Å²) in [5, 5.41) is 6.03. The number of carbonyl (C=O) groups is 1. The van der Waals surface area contributed by atoms with Crippen LogP contribution in [-0.4, -0.2) is 17.5 Å². The zero-order valence-corrected chi connectivity index (χ0v) is 13.2. The normalized spacial score (nSPS) is 10.5. The van der Waals surface area contributed by atoms with E-state index in [1.807, 2.05) is 24.3 Å². The zero-order chi connectivity index (χ0) is 15.4. The molecule has 0 bridgehead atoms. The van der Waals surface area contributed by atoms with Crippen molar-refractivity contribution < 1.29 is 4.79 Å². The summed E-state index contributed by atoms with van der Waals surface area (Å²) < 4.78 is 2.30. The number of aromatic nitrogens is 1. The molecule has 0 spiro atoms. The number of hydrogen-bond acceptors (Lipinski definition) is 2. The predicted octanol–water partition coefficient (Wildman–Crippen LogP) is 3.10. The molecule has 0 aliphatic rings. The van der Waals surface area contributed by atoms with Crippen LogP contribution in [0.1, 0.15) is 34.2 Å². The molecule has 21 heavy (non-hydrogen) atoms. The zero-order valence-electron chi connectivity index (χ0n) is 13.2. The molecule has 0 radical (unpaired) electrons. The Morgan fingerprint density at radius 1 is 1.24 bits per heavy atom. The minimum Gasteiger partial charge on any atom is -0.381 e. The summed E-state index contributed by atoms with van der Waals surface area (Å²) >= 11 is 0.